The van der Waals surface area contributed by atoms with Crippen molar-refractivity contribution in [1.29, 1.82) is 0 Å². The summed E-state index contributed by atoms with van der Waals surface area (Å²) in [6.45, 7) is 8.83. The van der Waals surface area contributed by atoms with Gasteiger partial charge in [-0.05, 0) is 26.2 Å². The summed E-state index contributed by atoms with van der Waals surface area (Å²) >= 11 is 0. The van der Waals surface area contributed by atoms with E-state index in [2.05, 4.69) is 38.9 Å². The van der Waals surface area contributed by atoms with Crippen LogP contribution in [-0.2, 0) is 0 Å². The minimum absolute atomic E-state index is 0.448. The van der Waals surface area contributed by atoms with Crippen LogP contribution < -0.4 is 5.32 Å². The third kappa shape index (κ3) is 6.24. The maximum Gasteiger partial charge on any atom is 0.0238 e. The number of rotatable bonds is 5. The first-order chi connectivity index (χ1) is 5.56. The van der Waals surface area contributed by atoms with Gasteiger partial charge in [-0.1, -0.05) is 13.8 Å². The number of terminal acetylenes is 1. The zero-order valence-electron chi connectivity index (χ0n) is 8.72. The van der Waals surface area contributed by atoms with Gasteiger partial charge in [0.2, 0.25) is 0 Å². The van der Waals surface area contributed by atoms with E-state index in [0.717, 1.165) is 12.3 Å². The molecule has 0 amide bonds. The first-order valence-electron chi connectivity index (χ1n) is 4.75. The molecule has 12 heavy (non-hydrogen) atoms. The molecule has 0 radical (unpaired) electrons. The predicted molar refractivity (Wildman–Crippen MR) is 55.0 cm³/mol. The summed E-state index contributed by atoms with van der Waals surface area (Å²) in [5, 5.41) is 3.47. The molecule has 2 atom stereocenters. The highest BCUT2D eigenvalue weighted by atomic mass is 14.9. The van der Waals surface area contributed by atoms with Crippen LogP contribution in [0.15, 0.2) is 0 Å². The lowest BCUT2D eigenvalue weighted by Gasteiger charge is -2.19. The summed E-state index contributed by atoms with van der Waals surface area (Å²) in [4.78, 5) is 0. The molecule has 1 heteroatoms. The van der Waals surface area contributed by atoms with Crippen molar-refractivity contribution in [2.45, 2.75) is 52.6 Å². The van der Waals surface area contributed by atoms with Gasteiger partial charge in [-0.15, -0.1) is 12.3 Å². The second-order valence-electron chi connectivity index (χ2n) is 4.01. The van der Waals surface area contributed by atoms with E-state index in [1.807, 2.05) is 0 Å². The van der Waals surface area contributed by atoms with Crippen molar-refractivity contribution in [3.63, 3.8) is 0 Å². The van der Waals surface area contributed by atoms with E-state index in [-0.39, 0.29) is 0 Å². The molecule has 1 nitrogen and oxygen atoms in total. The van der Waals surface area contributed by atoms with Crippen molar-refractivity contribution >= 4 is 0 Å². The molecule has 0 aromatic rings. The van der Waals surface area contributed by atoms with Gasteiger partial charge in [-0.25, -0.2) is 0 Å². The molecule has 2 unspecified atom stereocenters. The van der Waals surface area contributed by atoms with Crippen LogP contribution in [0.2, 0.25) is 0 Å². The average Bonchev–Trinajstić information content (AvgIpc) is 1.84. The zero-order valence-corrected chi connectivity index (χ0v) is 8.72. The van der Waals surface area contributed by atoms with Gasteiger partial charge in [0.1, 0.15) is 0 Å². The lowest BCUT2D eigenvalue weighted by Crippen LogP contribution is -2.34. The Morgan fingerprint density at radius 2 is 1.75 bits per heavy atom. The minimum Gasteiger partial charge on any atom is -0.311 e. The molecule has 0 aromatic carbocycles. The Morgan fingerprint density at radius 3 is 2.17 bits per heavy atom. The summed E-state index contributed by atoms with van der Waals surface area (Å²) < 4.78 is 0. The standard InChI is InChI=1S/C11H21N/c1-6-7-10(4)12-11(5)8-9(2)3/h1,9-12H,7-8H2,2-5H3. The molecular formula is C11H21N. The molecule has 0 spiro atoms. The van der Waals surface area contributed by atoms with E-state index < -0.39 is 0 Å². The predicted octanol–water partition coefficient (Wildman–Crippen LogP) is 2.42. The maximum atomic E-state index is 5.22. The lowest BCUT2D eigenvalue weighted by atomic mass is 10.0. The molecule has 0 rings (SSSR count). The third-order valence-electron chi connectivity index (χ3n) is 1.82. The van der Waals surface area contributed by atoms with Gasteiger partial charge in [-0.2, -0.15) is 0 Å². The van der Waals surface area contributed by atoms with Crippen molar-refractivity contribution in [2.24, 2.45) is 5.92 Å². The van der Waals surface area contributed by atoms with Gasteiger partial charge in [0, 0.05) is 18.5 Å². The van der Waals surface area contributed by atoms with E-state index in [4.69, 9.17) is 6.42 Å². The third-order valence-corrected chi connectivity index (χ3v) is 1.82. The second kappa shape index (κ2) is 6.08. The first kappa shape index (κ1) is 11.5. The van der Waals surface area contributed by atoms with Crippen LogP contribution in [0, 0.1) is 18.3 Å². The molecule has 0 bridgehead atoms. The molecule has 0 fully saturated rings. The smallest absolute Gasteiger partial charge is 0.0238 e. The van der Waals surface area contributed by atoms with Crippen molar-refractivity contribution in [3.05, 3.63) is 0 Å². The summed E-state index contributed by atoms with van der Waals surface area (Å²) in [7, 11) is 0. The van der Waals surface area contributed by atoms with Gasteiger partial charge >= 0.3 is 0 Å². The molecule has 0 aliphatic rings. The van der Waals surface area contributed by atoms with Gasteiger partial charge in [0.05, 0.1) is 0 Å². The molecule has 0 saturated carbocycles. The molecular weight excluding hydrogens is 146 g/mol. The second-order valence-corrected chi connectivity index (χ2v) is 4.01. The Labute approximate surface area is 76.9 Å². The largest absolute Gasteiger partial charge is 0.311 e. The van der Waals surface area contributed by atoms with Crippen LogP contribution in [-0.4, -0.2) is 12.1 Å². The fourth-order valence-corrected chi connectivity index (χ4v) is 1.50. The monoisotopic (exact) mass is 167 g/mol. The summed E-state index contributed by atoms with van der Waals surface area (Å²) in [5.74, 6) is 3.42. The molecule has 0 aliphatic carbocycles. The lowest BCUT2D eigenvalue weighted by molar-refractivity contribution is 0.404. The Bertz CT molecular complexity index is 144. The normalized spacial score (nSPS) is 15.7. The van der Waals surface area contributed by atoms with E-state index >= 15 is 0 Å². The van der Waals surface area contributed by atoms with E-state index in [9.17, 15) is 0 Å². The van der Waals surface area contributed by atoms with Crippen molar-refractivity contribution in [2.75, 3.05) is 0 Å². The van der Waals surface area contributed by atoms with Crippen molar-refractivity contribution < 1.29 is 0 Å². The number of hydrogen-bond donors (Lipinski definition) is 1. The van der Waals surface area contributed by atoms with Crippen LogP contribution in [0.3, 0.4) is 0 Å². The first-order valence-corrected chi connectivity index (χ1v) is 4.75. The fourth-order valence-electron chi connectivity index (χ4n) is 1.50. The summed E-state index contributed by atoms with van der Waals surface area (Å²) in [6.07, 6.45) is 7.26. The summed E-state index contributed by atoms with van der Waals surface area (Å²) in [6, 6.07) is 1.03. The average molecular weight is 167 g/mol. The van der Waals surface area contributed by atoms with Crippen LogP contribution in [0.5, 0.6) is 0 Å². The highest BCUT2D eigenvalue weighted by molar-refractivity contribution is 4.88. The minimum atomic E-state index is 0.448. The Kier molecular flexibility index (Phi) is 5.84. The SMILES string of the molecule is C#CCC(C)NC(C)CC(C)C. The highest BCUT2D eigenvalue weighted by Gasteiger charge is 2.07. The number of hydrogen-bond acceptors (Lipinski definition) is 1. The molecule has 0 heterocycles. The Balaban J connectivity index is 3.55. The van der Waals surface area contributed by atoms with E-state index in [1.165, 1.54) is 6.42 Å². The van der Waals surface area contributed by atoms with Gasteiger partial charge in [0.15, 0.2) is 0 Å². The fraction of sp³-hybridized carbons (Fsp3) is 0.818. The maximum absolute atomic E-state index is 5.22. The Hall–Kier alpha value is -0.480. The van der Waals surface area contributed by atoms with Gasteiger partial charge < -0.3 is 5.32 Å². The van der Waals surface area contributed by atoms with Crippen LogP contribution in [0.25, 0.3) is 0 Å². The van der Waals surface area contributed by atoms with E-state index in [0.29, 0.717) is 12.1 Å². The molecule has 1 N–H and O–H groups in total. The zero-order chi connectivity index (χ0) is 9.56. The van der Waals surface area contributed by atoms with E-state index in [1.54, 1.807) is 0 Å². The van der Waals surface area contributed by atoms with Gasteiger partial charge in [0.25, 0.3) is 0 Å². The topological polar surface area (TPSA) is 12.0 Å². The highest BCUT2D eigenvalue weighted by Crippen LogP contribution is 2.05. The van der Waals surface area contributed by atoms with Crippen molar-refractivity contribution in [3.8, 4) is 12.3 Å². The molecule has 0 aliphatic heterocycles. The molecule has 70 valence electrons. The van der Waals surface area contributed by atoms with Crippen LogP contribution in [0.1, 0.15) is 40.5 Å². The van der Waals surface area contributed by atoms with Crippen LogP contribution in [0.4, 0.5) is 0 Å². The quantitative estimate of drug-likeness (QED) is 0.620. The Morgan fingerprint density at radius 1 is 1.17 bits per heavy atom. The number of nitrogens with one attached hydrogen (secondary N) is 1. The summed E-state index contributed by atoms with van der Waals surface area (Å²) in [5.41, 5.74) is 0. The van der Waals surface area contributed by atoms with Crippen LogP contribution >= 0.6 is 0 Å². The van der Waals surface area contributed by atoms with Gasteiger partial charge in [-0.3, -0.25) is 0 Å². The molecule has 0 aromatic heterocycles. The van der Waals surface area contributed by atoms with Crippen molar-refractivity contribution in [1.82, 2.24) is 5.32 Å². The molecule has 0 saturated heterocycles.